The molecule has 84 valence electrons. The molecule has 0 bridgehead atoms. The van der Waals surface area contributed by atoms with Crippen LogP contribution in [0.2, 0.25) is 0 Å². The molecule has 0 unspecified atom stereocenters. The number of ether oxygens (including phenoxy) is 1. The minimum atomic E-state index is 0.164. The molecule has 0 amide bonds. The van der Waals surface area contributed by atoms with Crippen LogP contribution in [0.25, 0.3) is 0 Å². The van der Waals surface area contributed by atoms with Crippen LogP contribution >= 0.6 is 0 Å². The Morgan fingerprint density at radius 3 is 2.88 bits per heavy atom. The maximum atomic E-state index is 8.72. The van der Waals surface area contributed by atoms with E-state index in [9.17, 15) is 0 Å². The smallest absolute Gasteiger partial charge is 0.119 e. The maximum Gasteiger partial charge on any atom is 0.119 e. The van der Waals surface area contributed by atoms with E-state index in [1.165, 1.54) is 5.56 Å². The Hall–Kier alpha value is -1.49. The van der Waals surface area contributed by atoms with E-state index in [4.69, 9.17) is 10.00 Å². The average Bonchev–Trinajstić information content (AvgIpc) is 3.08. The molecule has 0 aliphatic heterocycles. The summed E-state index contributed by atoms with van der Waals surface area (Å²) < 4.78 is 5.78. The van der Waals surface area contributed by atoms with Crippen LogP contribution in [-0.2, 0) is 6.42 Å². The van der Waals surface area contributed by atoms with Crippen molar-refractivity contribution in [2.75, 3.05) is 6.61 Å². The van der Waals surface area contributed by atoms with Gasteiger partial charge in [-0.2, -0.15) is 5.26 Å². The first kappa shape index (κ1) is 11.0. The molecule has 2 nitrogen and oxygen atoms in total. The number of aryl methyl sites for hydroxylation is 1. The third-order valence-electron chi connectivity index (χ3n) is 3.26. The molecule has 16 heavy (non-hydrogen) atoms. The van der Waals surface area contributed by atoms with Crippen LogP contribution in [0.3, 0.4) is 0 Å². The Labute approximate surface area is 96.9 Å². The summed E-state index contributed by atoms with van der Waals surface area (Å²) in [5, 5.41) is 8.72. The molecule has 0 N–H and O–H groups in total. The van der Waals surface area contributed by atoms with E-state index in [-0.39, 0.29) is 5.41 Å². The highest BCUT2D eigenvalue weighted by molar-refractivity contribution is 5.28. The van der Waals surface area contributed by atoms with Gasteiger partial charge in [0.2, 0.25) is 0 Å². The van der Waals surface area contributed by atoms with Crippen molar-refractivity contribution in [2.45, 2.75) is 32.6 Å². The second kappa shape index (κ2) is 4.57. The highest BCUT2D eigenvalue weighted by atomic mass is 16.5. The van der Waals surface area contributed by atoms with Crippen molar-refractivity contribution in [1.82, 2.24) is 0 Å². The summed E-state index contributed by atoms with van der Waals surface area (Å²) in [6.07, 6.45) is 3.92. The van der Waals surface area contributed by atoms with Gasteiger partial charge in [-0.15, -0.1) is 0 Å². The van der Waals surface area contributed by atoms with Crippen LogP contribution in [-0.4, -0.2) is 6.61 Å². The first-order chi connectivity index (χ1) is 7.78. The van der Waals surface area contributed by atoms with Gasteiger partial charge in [-0.3, -0.25) is 0 Å². The molecule has 0 radical (unpaired) electrons. The Kier molecular flexibility index (Phi) is 3.14. The van der Waals surface area contributed by atoms with E-state index in [1.807, 2.05) is 12.1 Å². The Balaban J connectivity index is 1.92. The molecule has 0 aromatic heterocycles. The summed E-state index contributed by atoms with van der Waals surface area (Å²) >= 11 is 0. The summed E-state index contributed by atoms with van der Waals surface area (Å²) in [6.45, 7) is 2.82. The largest absolute Gasteiger partial charge is 0.493 e. The molecule has 2 rings (SSSR count). The minimum Gasteiger partial charge on any atom is -0.493 e. The summed E-state index contributed by atoms with van der Waals surface area (Å²) in [4.78, 5) is 0. The van der Waals surface area contributed by atoms with Crippen LogP contribution < -0.4 is 4.74 Å². The minimum absolute atomic E-state index is 0.164. The average molecular weight is 215 g/mol. The van der Waals surface area contributed by atoms with Crippen LogP contribution in [0.1, 0.15) is 31.7 Å². The van der Waals surface area contributed by atoms with Crippen LogP contribution in [0.15, 0.2) is 24.3 Å². The van der Waals surface area contributed by atoms with Gasteiger partial charge in [0.25, 0.3) is 0 Å². The number of nitrogens with zero attached hydrogens (tertiary/aromatic N) is 1. The molecular formula is C14H17NO. The SMILES string of the molecule is CCc1cccc(OCC2(CC#N)CC2)c1. The van der Waals surface area contributed by atoms with Crippen molar-refractivity contribution < 1.29 is 4.74 Å². The number of benzene rings is 1. The lowest BCUT2D eigenvalue weighted by molar-refractivity contribution is 0.236. The Morgan fingerprint density at radius 1 is 1.44 bits per heavy atom. The summed E-state index contributed by atoms with van der Waals surface area (Å²) in [5.41, 5.74) is 1.46. The third kappa shape index (κ3) is 2.55. The maximum absolute atomic E-state index is 8.72. The fourth-order valence-corrected chi connectivity index (χ4v) is 1.81. The Morgan fingerprint density at radius 2 is 2.25 bits per heavy atom. The monoisotopic (exact) mass is 215 g/mol. The van der Waals surface area contributed by atoms with Crippen molar-refractivity contribution in [3.8, 4) is 11.8 Å². The second-order valence-electron chi connectivity index (χ2n) is 4.62. The molecule has 2 heteroatoms. The van der Waals surface area contributed by atoms with Gasteiger partial charge in [-0.05, 0) is 37.0 Å². The van der Waals surface area contributed by atoms with E-state index in [2.05, 4.69) is 25.1 Å². The molecular weight excluding hydrogens is 198 g/mol. The zero-order chi connectivity index (χ0) is 11.4. The second-order valence-corrected chi connectivity index (χ2v) is 4.62. The molecule has 0 atom stereocenters. The number of rotatable bonds is 5. The molecule has 1 aliphatic rings. The van der Waals surface area contributed by atoms with E-state index in [0.717, 1.165) is 25.0 Å². The van der Waals surface area contributed by atoms with Gasteiger partial charge in [-0.1, -0.05) is 19.1 Å². The summed E-state index contributed by atoms with van der Waals surface area (Å²) in [5.74, 6) is 0.934. The first-order valence-corrected chi connectivity index (χ1v) is 5.87. The topological polar surface area (TPSA) is 33.0 Å². The standard InChI is InChI=1S/C14H17NO/c1-2-12-4-3-5-13(10-12)16-11-14(6-7-14)8-9-15/h3-5,10H,2,6-8,11H2,1H3. The van der Waals surface area contributed by atoms with Crippen LogP contribution in [0.5, 0.6) is 5.75 Å². The van der Waals surface area contributed by atoms with Gasteiger partial charge >= 0.3 is 0 Å². The summed E-state index contributed by atoms with van der Waals surface area (Å²) in [6, 6.07) is 10.5. The molecule has 1 aromatic carbocycles. The van der Waals surface area contributed by atoms with E-state index < -0.39 is 0 Å². The fraction of sp³-hybridized carbons (Fsp3) is 0.500. The number of hydrogen-bond donors (Lipinski definition) is 0. The van der Waals surface area contributed by atoms with Crippen molar-refractivity contribution >= 4 is 0 Å². The lowest BCUT2D eigenvalue weighted by Gasteiger charge is -2.13. The quantitative estimate of drug-likeness (QED) is 0.754. The molecule has 1 saturated carbocycles. The molecule has 0 heterocycles. The van der Waals surface area contributed by atoms with Crippen LogP contribution in [0.4, 0.5) is 0 Å². The van der Waals surface area contributed by atoms with Crippen molar-refractivity contribution in [3.63, 3.8) is 0 Å². The molecule has 0 spiro atoms. The molecule has 1 fully saturated rings. The zero-order valence-corrected chi connectivity index (χ0v) is 9.70. The lowest BCUT2D eigenvalue weighted by Crippen LogP contribution is -2.12. The predicted octanol–water partition coefficient (Wildman–Crippen LogP) is 3.32. The first-order valence-electron chi connectivity index (χ1n) is 5.87. The molecule has 0 saturated heterocycles. The van der Waals surface area contributed by atoms with Gasteiger partial charge in [0, 0.05) is 11.8 Å². The molecule has 1 aromatic rings. The van der Waals surface area contributed by atoms with Gasteiger partial charge in [-0.25, -0.2) is 0 Å². The fourth-order valence-electron chi connectivity index (χ4n) is 1.81. The molecule has 1 aliphatic carbocycles. The van der Waals surface area contributed by atoms with Gasteiger partial charge in [0.15, 0.2) is 0 Å². The highest BCUT2D eigenvalue weighted by Crippen LogP contribution is 2.48. The van der Waals surface area contributed by atoms with Crippen molar-refractivity contribution in [3.05, 3.63) is 29.8 Å². The number of nitriles is 1. The van der Waals surface area contributed by atoms with Gasteiger partial charge in [0.1, 0.15) is 5.75 Å². The Bertz CT molecular complexity index is 401. The summed E-state index contributed by atoms with van der Waals surface area (Å²) in [7, 11) is 0. The lowest BCUT2D eigenvalue weighted by atomic mass is 10.1. The van der Waals surface area contributed by atoms with E-state index in [0.29, 0.717) is 13.0 Å². The number of hydrogen-bond acceptors (Lipinski definition) is 2. The van der Waals surface area contributed by atoms with Crippen LogP contribution in [0, 0.1) is 16.7 Å². The third-order valence-corrected chi connectivity index (χ3v) is 3.26. The highest BCUT2D eigenvalue weighted by Gasteiger charge is 2.43. The van der Waals surface area contributed by atoms with Gasteiger partial charge < -0.3 is 4.74 Å². The van der Waals surface area contributed by atoms with E-state index >= 15 is 0 Å². The predicted molar refractivity (Wildman–Crippen MR) is 63.2 cm³/mol. The van der Waals surface area contributed by atoms with Gasteiger partial charge in [0.05, 0.1) is 12.7 Å². The zero-order valence-electron chi connectivity index (χ0n) is 9.70. The van der Waals surface area contributed by atoms with Crippen molar-refractivity contribution in [1.29, 1.82) is 5.26 Å². The van der Waals surface area contributed by atoms with E-state index in [1.54, 1.807) is 0 Å². The van der Waals surface area contributed by atoms with Crippen molar-refractivity contribution in [2.24, 2.45) is 5.41 Å². The normalized spacial score (nSPS) is 16.5.